The maximum absolute atomic E-state index is 7.66. The molecule has 1 fully saturated rings. The van der Waals surface area contributed by atoms with Crippen molar-refractivity contribution in [1.29, 1.82) is 5.41 Å². The van der Waals surface area contributed by atoms with Crippen LogP contribution in [0.15, 0.2) is 18.2 Å². The molecule has 1 saturated heterocycles. The maximum atomic E-state index is 7.66. The van der Waals surface area contributed by atoms with Gasteiger partial charge in [-0.15, -0.1) is 0 Å². The standard InChI is InChI=1S/C14H19Cl2N3/c1-14(13(17)18)5-7-19(8-6-14)9-10-11(15)3-2-4-12(10)16/h2-4H,5-9H2,1H3,(H3,17,18). The van der Waals surface area contributed by atoms with E-state index in [9.17, 15) is 0 Å². The van der Waals surface area contributed by atoms with Gasteiger partial charge in [0, 0.05) is 27.6 Å². The van der Waals surface area contributed by atoms with Gasteiger partial charge in [-0.25, -0.2) is 0 Å². The van der Waals surface area contributed by atoms with E-state index in [0.29, 0.717) is 15.9 Å². The lowest BCUT2D eigenvalue weighted by Gasteiger charge is -2.38. The Morgan fingerprint density at radius 2 is 1.84 bits per heavy atom. The second-order valence-electron chi connectivity index (χ2n) is 5.45. The zero-order chi connectivity index (χ0) is 14.0. The van der Waals surface area contributed by atoms with E-state index in [4.69, 9.17) is 34.3 Å². The lowest BCUT2D eigenvalue weighted by Crippen LogP contribution is -2.44. The topological polar surface area (TPSA) is 53.1 Å². The summed E-state index contributed by atoms with van der Waals surface area (Å²) in [7, 11) is 0. The zero-order valence-electron chi connectivity index (χ0n) is 11.0. The van der Waals surface area contributed by atoms with Crippen molar-refractivity contribution in [3.05, 3.63) is 33.8 Å². The Labute approximate surface area is 124 Å². The molecule has 0 aromatic heterocycles. The molecule has 1 aromatic rings. The van der Waals surface area contributed by atoms with E-state index in [-0.39, 0.29) is 5.41 Å². The maximum Gasteiger partial charge on any atom is 0.0966 e. The summed E-state index contributed by atoms with van der Waals surface area (Å²) in [6.07, 6.45) is 1.81. The normalized spacial score (nSPS) is 19.3. The van der Waals surface area contributed by atoms with E-state index in [0.717, 1.165) is 38.0 Å². The van der Waals surface area contributed by atoms with Crippen LogP contribution in [0, 0.1) is 10.8 Å². The van der Waals surface area contributed by atoms with Crippen molar-refractivity contribution in [1.82, 2.24) is 4.90 Å². The number of nitrogens with two attached hydrogens (primary N) is 1. The Bertz CT molecular complexity index is 459. The summed E-state index contributed by atoms with van der Waals surface area (Å²) in [5.74, 6) is 0.294. The van der Waals surface area contributed by atoms with Crippen molar-refractivity contribution >= 4 is 29.0 Å². The van der Waals surface area contributed by atoms with Crippen LogP contribution < -0.4 is 5.73 Å². The van der Waals surface area contributed by atoms with Gasteiger partial charge in [0.25, 0.3) is 0 Å². The molecule has 0 unspecified atom stereocenters. The van der Waals surface area contributed by atoms with Crippen molar-refractivity contribution < 1.29 is 0 Å². The molecular weight excluding hydrogens is 281 g/mol. The van der Waals surface area contributed by atoms with Crippen LogP contribution in [0.4, 0.5) is 0 Å². The van der Waals surface area contributed by atoms with E-state index in [2.05, 4.69) is 11.8 Å². The molecule has 0 spiro atoms. The van der Waals surface area contributed by atoms with Crippen LogP contribution in [0.5, 0.6) is 0 Å². The minimum Gasteiger partial charge on any atom is -0.387 e. The number of piperidine rings is 1. The van der Waals surface area contributed by atoms with Crippen LogP contribution in [0.1, 0.15) is 25.3 Å². The fourth-order valence-corrected chi connectivity index (χ4v) is 2.90. The van der Waals surface area contributed by atoms with Crippen molar-refractivity contribution in [2.24, 2.45) is 11.1 Å². The minimum absolute atomic E-state index is 0.152. The van der Waals surface area contributed by atoms with Crippen LogP contribution in [-0.2, 0) is 6.54 Å². The molecule has 0 bridgehead atoms. The van der Waals surface area contributed by atoms with Crippen LogP contribution in [0.25, 0.3) is 0 Å². The Balaban J connectivity index is 2.02. The first-order valence-electron chi connectivity index (χ1n) is 6.42. The first kappa shape index (κ1) is 14.6. The molecule has 5 heteroatoms. The van der Waals surface area contributed by atoms with E-state index >= 15 is 0 Å². The monoisotopic (exact) mass is 299 g/mol. The highest BCUT2D eigenvalue weighted by Crippen LogP contribution is 2.33. The predicted molar refractivity (Wildman–Crippen MR) is 81.0 cm³/mol. The highest BCUT2D eigenvalue weighted by Gasteiger charge is 2.33. The zero-order valence-corrected chi connectivity index (χ0v) is 12.6. The van der Waals surface area contributed by atoms with E-state index in [1.54, 1.807) is 0 Å². The number of rotatable bonds is 3. The first-order valence-corrected chi connectivity index (χ1v) is 7.18. The number of nitrogens with one attached hydrogen (secondary N) is 1. The molecule has 1 aliphatic heterocycles. The second kappa shape index (κ2) is 5.70. The van der Waals surface area contributed by atoms with Gasteiger partial charge >= 0.3 is 0 Å². The summed E-state index contributed by atoms with van der Waals surface area (Å²) >= 11 is 12.4. The molecule has 3 nitrogen and oxygen atoms in total. The van der Waals surface area contributed by atoms with Gasteiger partial charge in [-0.3, -0.25) is 10.3 Å². The molecule has 3 N–H and O–H groups in total. The number of hydrogen-bond donors (Lipinski definition) is 2. The number of hydrogen-bond acceptors (Lipinski definition) is 2. The average Bonchev–Trinajstić information content (AvgIpc) is 2.36. The SMILES string of the molecule is CC1(C(=N)N)CCN(Cc2c(Cl)cccc2Cl)CC1. The number of halogens is 2. The summed E-state index contributed by atoms with van der Waals surface area (Å²) in [6, 6.07) is 5.59. The molecule has 0 aliphatic carbocycles. The number of amidine groups is 1. The third-order valence-electron chi connectivity index (χ3n) is 4.05. The second-order valence-corrected chi connectivity index (χ2v) is 6.27. The van der Waals surface area contributed by atoms with Gasteiger partial charge in [-0.1, -0.05) is 36.2 Å². The Hall–Kier alpha value is -0.770. The molecule has 0 saturated carbocycles. The first-order chi connectivity index (χ1) is 8.92. The molecule has 104 valence electrons. The highest BCUT2D eigenvalue weighted by atomic mass is 35.5. The molecular formula is C14H19Cl2N3. The lowest BCUT2D eigenvalue weighted by molar-refractivity contribution is 0.156. The third-order valence-corrected chi connectivity index (χ3v) is 4.76. The van der Waals surface area contributed by atoms with Crippen molar-refractivity contribution in [2.45, 2.75) is 26.3 Å². The summed E-state index contributed by atoms with van der Waals surface area (Å²) in [6.45, 7) is 4.65. The molecule has 19 heavy (non-hydrogen) atoms. The molecule has 1 aromatic carbocycles. The smallest absolute Gasteiger partial charge is 0.0966 e. The van der Waals surface area contributed by atoms with E-state index in [1.165, 1.54) is 0 Å². The van der Waals surface area contributed by atoms with Gasteiger partial charge in [0.2, 0.25) is 0 Å². The number of likely N-dealkylation sites (tertiary alicyclic amines) is 1. The summed E-state index contributed by atoms with van der Waals surface area (Å²) in [4.78, 5) is 2.32. The largest absolute Gasteiger partial charge is 0.387 e. The van der Waals surface area contributed by atoms with Crippen molar-refractivity contribution in [3.63, 3.8) is 0 Å². The van der Waals surface area contributed by atoms with Crippen LogP contribution in [0.2, 0.25) is 10.0 Å². The highest BCUT2D eigenvalue weighted by molar-refractivity contribution is 6.35. The van der Waals surface area contributed by atoms with Gasteiger partial charge in [-0.2, -0.15) is 0 Å². The summed E-state index contributed by atoms with van der Waals surface area (Å²) < 4.78 is 0. The van der Waals surface area contributed by atoms with Crippen LogP contribution in [0.3, 0.4) is 0 Å². The quantitative estimate of drug-likeness (QED) is 0.663. The van der Waals surface area contributed by atoms with Gasteiger partial charge in [-0.05, 0) is 38.1 Å². The predicted octanol–water partition coefficient (Wildman–Crippen LogP) is 3.53. The average molecular weight is 300 g/mol. The number of benzene rings is 1. The Kier molecular flexibility index (Phi) is 4.39. The Morgan fingerprint density at radius 1 is 1.32 bits per heavy atom. The summed E-state index contributed by atoms with van der Waals surface area (Å²) in [5.41, 5.74) is 6.50. The van der Waals surface area contributed by atoms with Gasteiger partial charge in [0.15, 0.2) is 0 Å². The molecule has 0 amide bonds. The molecule has 1 aliphatic rings. The summed E-state index contributed by atoms with van der Waals surface area (Å²) in [5, 5.41) is 9.09. The van der Waals surface area contributed by atoms with E-state index < -0.39 is 0 Å². The van der Waals surface area contributed by atoms with Crippen molar-refractivity contribution in [3.8, 4) is 0 Å². The fraction of sp³-hybridized carbons (Fsp3) is 0.500. The Morgan fingerprint density at radius 3 is 2.32 bits per heavy atom. The minimum atomic E-state index is -0.152. The molecule has 0 radical (unpaired) electrons. The van der Waals surface area contributed by atoms with Crippen molar-refractivity contribution in [2.75, 3.05) is 13.1 Å². The van der Waals surface area contributed by atoms with Crippen LogP contribution >= 0.6 is 23.2 Å². The van der Waals surface area contributed by atoms with E-state index in [1.807, 2.05) is 18.2 Å². The number of nitrogens with zero attached hydrogens (tertiary/aromatic N) is 1. The van der Waals surface area contributed by atoms with Crippen LogP contribution in [-0.4, -0.2) is 23.8 Å². The van der Waals surface area contributed by atoms with Gasteiger partial charge in [0.1, 0.15) is 0 Å². The fourth-order valence-electron chi connectivity index (χ4n) is 2.38. The lowest BCUT2D eigenvalue weighted by atomic mass is 9.79. The van der Waals surface area contributed by atoms with Gasteiger partial charge < -0.3 is 5.73 Å². The molecule has 1 heterocycles. The third kappa shape index (κ3) is 3.22. The van der Waals surface area contributed by atoms with Gasteiger partial charge in [0.05, 0.1) is 5.84 Å². The molecule has 2 rings (SSSR count). The molecule has 0 atom stereocenters.